The van der Waals surface area contributed by atoms with Gasteiger partial charge in [-0.1, -0.05) is 6.92 Å². The molecule has 0 saturated carbocycles. The first-order valence-electron chi connectivity index (χ1n) is 6.31. The summed E-state index contributed by atoms with van der Waals surface area (Å²) in [5.41, 5.74) is -1.98. The van der Waals surface area contributed by atoms with Crippen molar-refractivity contribution in [2.24, 2.45) is 0 Å². The Morgan fingerprint density at radius 2 is 1.86 bits per heavy atom. The van der Waals surface area contributed by atoms with Crippen LogP contribution in [0.5, 0.6) is 0 Å². The van der Waals surface area contributed by atoms with Gasteiger partial charge in [-0.05, 0) is 30.7 Å². The number of aryl methyl sites for hydroxylation is 1. The summed E-state index contributed by atoms with van der Waals surface area (Å²) in [4.78, 5) is 35.6. The zero-order valence-corrected chi connectivity index (χ0v) is 11.2. The van der Waals surface area contributed by atoms with E-state index in [4.69, 9.17) is 5.11 Å². The minimum atomic E-state index is -1.42. The second-order valence-electron chi connectivity index (χ2n) is 4.44. The number of hydrogen-bond donors (Lipinski definition) is 1. The van der Waals surface area contributed by atoms with Gasteiger partial charge in [-0.25, -0.2) is 18.5 Å². The van der Waals surface area contributed by atoms with Crippen molar-refractivity contribution in [2.45, 2.75) is 19.9 Å². The molecule has 0 aliphatic carbocycles. The van der Waals surface area contributed by atoms with Gasteiger partial charge >= 0.3 is 11.7 Å². The quantitative estimate of drug-likeness (QED) is 0.919. The van der Waals surface area contributed by atoms with Gasteiger partial charge in [0.1, 0.15) is 11.4 Å². The van der Waals surface area contributed by atoms with E-state index < -0.39 is 28.6 Å². The topological polar surface area (TPSA) is 81.3 Å². The van der Waals surface area contributed by atoms with Gasteiger partial charge in [0.05, 0.1) is 5.69 Å². The fourth-order valence-corrected chi connectivity index (χ4v) is 1.97. The molecular weight excluding hydrogens is 279 g/mol. The van der Waals surface area contributed by atoms with Crippen molar-refractivity contribution < 1.29 is 14.3 Å². The van der Waals surface area contributed by atoms with E-state index in [2.05, 4.69) is 0 Å². The fourth-order valence-electron chi connectivity index (χ4n) is 1.97. The largest absolute Gasteiger partial charge is 0.477 e. The Kier molecular flexibility index (Phi) is 4.02. The third kappa shape index (κ3) is 2.76. The van der Waals surface area contributed by atoms with Crippen LogP contribution in [0.4, 0.5) is 4.39 Å². The molecule has 1 aromatic heterocycles. The van der Waals surface area contributed by atoms with Gasteiger partial charge in [0, 0.05) is 12.7 Å². The smallest absolute Gasteiger partial charge is 0.342 e. The first-order valence-corrected chi connectivity index (χ1v) is 6.31. The van der Waals surface area contributed by atoms with Gasteiger partial charge in [0.2, 0.25) is 0 Å². The lowest BCUT2D eigenvalue weighted by molar-refractivity contribution is 0.0693. The van der Waals surface area contributed by atoms with Crippen molar-refractivity contribution in [3.8, 4) is 5.69 Å². The van der Waals surface area contributed by atoms with Crippen LogP contribution in [0.15, 0.2) is 40.1 Å². The van der Waals surface area contributed by atoms with E-state index in [1.807, 2.05) is 6.92 Å². The number of aromatic nitrogens is 2. The highest BCUT2D eigenvalue weighted by molar-refractivity contribution is 5.86. The van der Waals surface area contributed by atoms with Crippen LogP contribution in [-0.4, -0.2) is 20.2 Å². The van der Waals surface area contributed by atoms with Crippen LogP contribution in [0.3, 0.4) is 0 Å². The first kappa shape index (κ1) is 14.7. The van der Waals surface area contributed by atoms with Crippen LogP contribution in [0.1, 0.15) is 23.7 Å². The number of halogens is 1. The number of carboxylic acid groups (broad SMARTS) is 1. The maximum absolute atomic E-state index is 12.9. The molecule has 1 heterocycles. The predicted octanol–water partition coefficient (Wildman–Crippen LogP) is 1.25. The molecule has 0 bridgehead atoms. The molecule has 21 heavy (non-hydrogen) atoms. The van der Waals surface area contributed by atoms with Crippen molar-refractivity contribution in [3.63, 3.8) is 0 Å². The monoisotopic (exact) mass is 292 g/mol. The zero-order chi connectivity index (χ0) is 15.6. The number of carboxylic acids is 1. The summed E-state index contributed by atoms with van der Waals surface area (Å²) in [6.45, 7) is 2.10. The van der Waals surface area contributed by atoms with Crippen molar-refractivity contribution in [2.75, 3.05) is 0 Å². The summed E-state index contributed by atoms with van der Waals surface area (Å²) in [6.07, 6.45) is 1.64. The molecule has 6 nitrogen and oxygen atoms in total. The molecule has 0 unspecified atom stereocenters. The fraction of sp³-hybridized carbons (Fsp3) is 0.214. The molecule has 0 spiro atoms. The minimum absolute atomic E-state index is 0.124. The average molecular weight is 292 g/mol. The van der Waals surface area contributed by atoms with Gasteiger partial charge in [0.25, 0.3) is 5.56 Å². The summed E-state index contributed by atoms with van der Waals surface area (Å²) in [5.74, 6) is -1.93. The lowest BCUT2D eigenvalue weighted by Crippen LogP contribution is -2.41. The van der Waals surface area contributed by atoms with Gasteiger partial charge in [-0.15, -0.1) is 0 Å². The zero-order valence-electron chi connectivity index (χ0n) is 11.2. The number of benzene rings is 1. The highest BCUT2D eigenvalue weighted by atomic mass is 19.1. The highest BCUT2D eigenvalue weighted by Gasteiger charge is 2.17. The highest BCUT2D eigenvalue weighted by Crippen LogP contribution is 2.05. The van der Waals surface area contributed by atoms with Gasteiger partial charge in [-0.2, -0.15) is 0 Å². The summed E-state index contributed by atoms with van der Waals surface area (Å²) in [6, 6.07) is 4.69. The number of rotatable bonds is 4. The second-order valence-corrected chi connectivity index (χ2v) is 4.44. The number of carbonyl (C=O) groups is 1. The molecule has 0 aliphatic rings. The normalized spacial score (nSPS) is 10.6. The third-order valence-electron chi connectivity index (χ3n) is 2.94. The Balaban J connectivity index is 2.80. The minimum Gasteiger partial charge on any atom is -0.477 e. The van der Waals surface area contributed by atoms with E-state index in [1.165, 1.54) is 12.1 Å². The van der Waals surface area contributed by atoms with Crippen molar-refractivity contribution in [1.29, 1.82) is 0 Å². The van der Waals surface area contributed by atoms with E-state index >= 15 is 0 Å². The molecule has 110 valence electrons. The van der Waals surface area contributed by atoms with Crippen LogP contribution < -0.4 is 11.2 Å². The predicted molar refractivity (Wildman–Crippen MR) is 73.5 cm³/mol. The molecule has 1 N–H and O–H groups in total. The van der Waals surface area contributed by atoms with Crippen molar-refractivity contribution in [3.05, 3.63) is 62.7 Å². The molecule has 0 radical (unpaired) electrons. The Labute approximate surface area is 118 Å². The molecule has 2 aromatic rings. The second kappa shape index (κ2) is 5.74. The number of aromatic carboxylic acids is 1. The number of hydrogen-bond acceptors (Lipinski definition) is 3. The molecule has 0 atom stereocenters. The Morgan fingerprint density at radius 3 is 2.38 bits per heavy atom. The lowest BCUT2D eigenvalue weighted by atomic mass is 10.2. The molecular formula is C14H13FN2O4. The van der Waals surface area contributed by atoms with E-state index in [1.54, 1.807) is 0 Å². The van der Waals surface area contributed by atoms with E-state index in [0.29, 0.717) is 6.42 Å². The van der Waals surface area contributed by atoms with Crippen molar-refractivity contribution in [1.82, 2.24) is 9.13 Å². The summed E-state index contributed by atoms with van der Waals surface area (Å²) < 4.78 is 14.8. The molecule has 1 aromatic carbocycles. The average Bonchev–Trinajstić information content (AvgIpc) is 2.44. The Bertz CT molecular complexity index is 790. The van der Waals surface area contributed by atoms with Crippen LogP contribution >= 0.6 is 0 Å². The molecule has 0 saturated heterocycles. The van der Waals surface area contributed by atoms with E-state index in [-0.39, 0.29) is 12.2 Å². The maximum Gasteiger partial charge on any atom is 0.342 e. The first-order chi connectivity index (χ1) is 9.95. The van der Waals surface area contributed by atoms with Gasteiger partial charge < -0.3 is 5.11 Å². The molecule has 0 amide bonds. The van der Waals surface area contributed by atoms with E-state index in [9.17, 15) is 18.8 Å². The maximum atomic E-state index is 12.9. The van der Waals surface area contributed by atoms with Crippen molar-refractivity contribution >= 4 is 5.97 Å². The summed E-state index contributed by atoms with van der Waals surface area (Å²) in [7, 11) is 0. The summed E-state index contributed by atoms with van der Waals surface area (Å²) in [5, 5.41) is 9.08. The Hall–Kier alpha value is -2.70. The molecule has 2 rings (SSSR count). The summed E-state index contributed by atoms with van der Waals surface area (Å²) >= 11 is 0. The van der Waals surface area contributed by atoms with Crippen LogP contribution in [0, 0.1) is 5.82 Å². The van der Waals surface area contributed by atoms with Crippen LogP contribution in [0.25, 0.3) is 5.69 Å². The molecule has 7 heteroatoms. The van der Waals surface area contributed by atoms with Gasteiger partial charge in [0.15, 0.2) is 0 Å². The van der Waals surface area contributed by atoms with Crippen LogP contribution in [0.2, 0.25) is 0 Å². The van der Waals surface area contributed by atoms with E-state index in [0.717, 1.165) is 27.5 Å². The molecule has 0 aliphatic heterocycles. The van der Waals surface area contributed by atoms with Gasteiger partial charge in [-0.3, -0.25) is 9.36 Å². The Morgan fingerprint density at radius 1 is 1.24 bits per heavy atom. The molecule has 0 fully saturated rings. The number of nitrogens with zero attached hydrogens (tertiary/aromatic N) is 2. The third-order valence-corrected chi connectivity index (χ3v) is 2.94. The lowest BCUT2D eigenvalue weighted by Gasteiger charge is -2.11. The SMILES string of the molecule is CCCn1cc(C(=O)O)c(=O)n(-c2ccc(F)cc2)c1=O. The van der Waals surface area contributed by atoms with Crippen LogP contribution in [-0.2, 0) is 6.54 Å². The standard InChI is InChI=1S/C14H13FN2O4/c1-2-7-16-8-11(13(19)20)12(18)17(14(16)21)10-5-3-9(15)4-6-10/h3-6,8H,2,7H2,1H3,(H,19,20).